The second-order valence-electron chi connectivity index (χ2n) is 5.77. The van der Waals surface area contributed by atoms with Gasteiger partial charge >= 0.3 is 0 Å². The molecule has 2 aromatic rings. The van der Waals surface area contributed by atoms with Gasteiger partial charge < -0.3 is 24.7 Å². The van der Waals surface area contributed by atoms with Crippen molar-refractivity contribution in [3.8, 4) is 11.5 Å². The van der Waals surface area contributed by atoms with Gasteiger partial charge in [-0.3, -0.25) is 4.99 Å². The summed E-state index contributed by atoms with van der Waals surface area (Å²) in [5.41, 5.74) is 1.00. The van der Waals surface area contributed by atoms with Crippen molar-refractivity contribution in [3.05, 3.63) is 35.9 Å². The van der Waals surface area contributed by atoms with E-state index in [-0.39, 0.29) is 6.04 Å². The summed E-state index contributed by atoms with van der Waals surface area (Å²) in [5.74, 6) is 3.29. The van der Waals surface area contributed by atoms with Crippen LogP contribution in [-0.2, 0) is 13.0 Å². The highest BCUT2D eigenvalue weighted by molar-refractivity contribution is 5.80. The van der Waals surface area contributed by atoms with Gasteiger partial charge in [-0.05, 0) is 25.1 Å². The number of nitrogens with one attached hydrogen (secondary N) is 2. The molecule has 1 heterocycles. The van der Waals surface area contributed by atoms with Gasteiger partial charge in [0, 0.05) is 32.1 Å². The Labute approximate surface area is 154 Å². The van der Waals surface area contributed by atoms with Crippen molar-refractivity contribution < 1.29 is 9.47 Å². The Kier molecular flexibility index (Phi) is 7.25. The lowest BCUT2D eigenvalue weighted by Crippen LogP contribution is -2.40. The lowest BCUT2D eigenvalue weighted by molar-refractivity contribution is 0.394. The number of methoxy groups -OCH3 is 2. The molecule has 8 nitrogen and oxygen atoms in total. The summed E-state index contributed by atoms with van der Waals surface area (Å²) in [4.78, 5) is 4.29. The molecule has 0 spiro atoms. The second-order valence-corrected chi connectivity index (χ2v) is 5.77. The Hall–Kier alpha value is -2.77. The molecule has 1 atom stereocenters. The van der Waals surface area contributed by atoms with Crippen LogP contribution in [0, 0.1) is 0 Å². The van der Waals surface area contributed by atoms with Crippen molar-refractivity contribution in [2.24, 2.45) is 4.99 Å². The number of hydrogen-bond acceptors (Lipinski definition) is 5. The fourth-order valence-corrected chi connectivity index (χ4v) is 2.69. The molecule has 142 valence electrons. The van der Waals surface area contributed by atoms with Gasteiger partial charge in [0.15, 0.2) is 5.96 Å². The highest BCUT2D eigenvalue weighted by Gasteiger charge is 2.14. The molecule has 0 saturated carbocycles. The van der Waals surface area contributed by atoms with Gasteiger partial charge in [-0.1, -0.05) is 6.92 Å². The largest absolute Gasteiger partial charge is 0.497 e. The standard InChI is InChI=1S/C18H28N6O2/c1-6-17-23-21-12-24(17)10-9-20-18(19-3)22-13(2)15-11-14(25-4)7-8-16(15)26-5/h7-8,11-13H,6,9-10H2,1-5H3,(H2,19,20,22). The molecule has 1 unspecified atom stereocenters. The van der Waals surface area contributed by atoms with Gasteiger partial charge in [-0.15, -0.1) is 10.2 Å². The Morgan fingerprint density at radius 2 is 2.12 bits per heavy atom. The zero-order chi connectivity index (χ0) is 18.9. The maximum atomic E-state index is 5.46. The molecule has 1 aromatic carbocycles. The number of aromatic nitrogens is 3. The first-order valence-electron chi connectivity index (χ1n) is 8.68. The van der Waals surface area contributed by atoms with Crippen LogP contribution in [0.25, 0.3) is 0 Å². The van der Waals surface area contributed by atoms with Gasteiger partial charge in [0.25, 0.3) is 0 Å². The third-order valence-electron chi connectivity index (χ3n) is 4.14. The SMILES string of the molecule is CCc1nncn1CCNC(=NC)NC(C)c1cc(OC)ccc1OC. The maximum Gasteiger partial charge on any atom is 0.191 e. The molecule has 8 heteroatoms. The number of hydrogen-bond donors (Lipinski definition) is 2. The van der Waals surface area contributed by atoms with Crippen LogP contribution in [0.4, 0.5) is 0 Å². The fraction of sp³-hybridized carbons (Fsp3) is 0.500. The zero-order valence-corrected chi connectivity index (χ0v) is 16.1. The average Bonchev–Trinajstić information content (AvgIpc) is 3.13. The number of ether oxygens (including phenoxy) is 2. The summed E-state index contributed by atoms with van der Waals surface area (Å²) in [6, 6.07) is 5.74. The molecule has 2 N–H and O–H groups in total. The maximum absolute atomic E-state index is 5.46. The van der Waals surface area contributed by atoms with Crippen LogP contribution in [0.5, 0.6) is 11.5 Å². The lowest BCUT2D eigenvalue weighted by Gasteiger charge is -2.21. The third-order valence-corrected chi connectivity index (χ3v) is 4.14. The summed E-state index contributed by atoms with van der Waals surface area (Å²) in [7, 11) is 5.07. The van der Waals surface area contributed by atoms with Crippen molar-refractivity contribution in [2.75, 3.05) is 27.8 Å². The quantitative estimate of drug-likeness (QED) is 0.551. The molecule has 0 amide bonds. The van der Waals surface area contributed by atoms with E-state index >= 15 is 0 Å². The van der Waals surface area contributed by atoms with Crippen molar-refractivity contribution in [3.63, 3.8) is 0 Å². The molecule has 0 aliphatic heterocycles. The van der Waals surface area contributed by atoms with Crippen LogP contribution >= 0.6 is 0 Å². The predicted octanol–water partition coefficient (Wildman–Crippen LogP) is 1.78. The van der Waals surface area contributed by atoms with Crippen LogP contribution in [0.2, 0.25) is 0 Å². The van der Waals surface area contributed by atoms with Gasteiger partial charge in [-0.2, -0.15) is 0 Å². The van der Waals surface area contributed by atoms with Crippen LogP contribution in [-0.4, -0.2) is 48.5 Å². The Bertz CT molecular complexity index is 728. The van der Waals surface area contributed by atoms with Crippen molar-refractivity contribution in [2.45, 2.75) is 32.9 Å². The Morgan fingerprint density at radius 1 is 1.31 bits per heavy atom. The van der Waals surface area contributed by atoms with Crippen LogP contribution in [0.1, 0.15) is 31.3 Å². The van der Waals surface area contributed by atoms with Gasteiger partial charge in [0.1, 0.15) is 23.7 Å². The number of aryl methyl sites for hydroxylation is 1. The number of aliphatic imine (C=N–C) groups is 1. The van der Waals surface area contributed by atoms with E-state index in [1.54, 1.807) is 27.6 Å². The van der Waals surface area contributed by atoms with E-state index in [4.69, 9.17) is 9.47 Å². The molecule has 0 radical (unpaired) electrons. The summed E-state index contributed by atoms with van der Waals surface area (Å²) in [6.45, 7) is 5.61. The van der Waals surface area contributed by atoms with Crippen LogP contribution in [0.3, 0.4) is 0 Å². The van der Waals surface area contributed by atoms with E-state index in [9.17, 15) is 0 Å². The van der Waals surface area contributed by atoms with Crippen molar-refractivity contribution in [1.29, 1.82) is 0 Å². The summed E-state index contributed by atoms with van der Waals surface area (Å²) < 4.78 is 12.8. The van der Waals surface area contributed by atoms with Gasteiger partial charge in [0.2, 0.25) is 0 Å². The Morgan fingerprint density at radius 3 is 2.77 bits per heavy atom. The molecule has 0 fully saturated rings. The van der Waals surface area contributed by atoms with Gasteiger partial charge in [0.05, 0.1) is 20.3 Å². The molecular weight excluding hydrogens is 332 g/mol. The average molecular weight is 360 g/mol. The highest BCUT2D eigenvalue weighted by Crippen LogP contribution is 2.29. The summed E-state index contributed by atoms with van der Waals surface area (Å²) in [6.07, 6.45) is 2.61. The molecule has 0 saturated heterocycles. The monoisotopic (exact) mass is 360 g/mol. The zero-order valence-electron chi connectivity index (χ0n) is 16.1. The van der Waals surface area contributed by atoms with E-state index in [0.29, 0.717) is 12.5 Å². The first-order valence-corrected chi connectivity index (χ1v) is 8.68. The van der Waals surface area contributed by atoms with E-state index in [0.717, 1.165) is 35.9 Å². The van der Waals surface area contributed by atoms with E-state index in [1.807, 2.05) is 22.8 Å². The van der Waals surface area contributed by atoms with Crippen LogP contribution < -0.4 is 20.1 Å². The van der Waals surface area contributed by atoms with E-state index in [2.05, 4.69) is 39.7 Å². The van der Waals surface area contributed by atoms with Crippen molar-refractivity contribution >= 4 is 5.96 Å². The molecule has 0 aliphatic carbocycles. The van der Waals surface area contributed by atoms with E-state index in [1.165, 1.54) is 0 Å². The van der Waals surface area contributed by atoms with Crippen molar-refractivity contribution in [1.82, 2.24) is 25.4 Å². The predicted molar refractivity (Wildman–Crippen MR) is 102 cm³/mol. The highest BCUT2D eigenvalue weighted by atomic mass is 16.5. The molecule has 26 heavy (non-hydrogen) atoms. The Balaban J connectivity index is 1.97. The number of benzene rings is 1. The smallest absolute Gasteiger partial charge is 0.191 e. The van der Waals surface area contributed by atoms with Gasteiger partial charge in [-0.25, -0.2) is 0 Å². The summed E-state index contributed by atoms with van der Waals surface area (Å²) in [5, 5.41) is 14.7. The van der Waals surface area contributed by atoms with Crippen LogP contribution in [0.15, 0.2) is 29.5 Å². The number of guanidine groups is 1. The van der Waals surface area contributed by atoms with E-state index < -0.39 is 0 Å². The molecule has 2 rings (SSSR count). The topological polar surface area (TPSA) is 85.6 Å². The molecule has 0 aliphatic rings. The first kappa shape index (κ1) is 19.6. The molecular formula is C18H28N6O2. The minimum Gasteiger partial charge on any atom is -0.497 e. The molecule has 0 bridgehead atoms. The normalized spacial score (nSPS) is 12.6. The minimum absolute atomic E-state index is 0.00707. The minimum atomic E-state index is -0.00707. The summed E-state index contributed by atoms with van der Waals surface area (Å²) >= 11 is 0. The molecule has 1 aromatic heterocycles. The first-order chi connectivity index (χ1) is 12.6. The lowest BCUT2D eigenvalue weighted by atomic mass is 10.1. The fourth-order valence-electron chi connectivity index (χ4n) is 2.69. The number of rotatable bonds is 8. The third kappa shape index (κ3) is 4.87. The number of nitrogens with zero attached hydrogens (tertiary/aromatic N) is 4. The second kappa shape index (κ2) is 9.65.